The zero-order chi connectivity index (χ0) is 15.1. The van der Waals surface area contributed by atoms with Crippen molar-refractivity contribution in [3.8, 4) is 11.5 Å². The smallest absolute Gasteiger partial charge is 0.345 e. The van der Waals surface area contributed by atoms with E-state index in [1.165, 1.54) is 0 Å². The van der Waals surface area contributed by atoms with Gasteiger partial charge in [-0.15, -0.1) is 0 Å². The molecule has 1 aliphatic rings. The fourth-order valence-electron chi connectivity index (χ4n) is 1.88. The molecular formula is C14H5I3O4. The molecule has 106 valence electrons. The third-order valence-corrected chi connectivity index (χ3v) is 7.95. The molecule has 0 fully saturated rings. The summed E-state index contributed by atoms with van der Waals surface area (Å²) in [5, 5.41) is 0. The lowest BCUT2D eigenvalue weighted by atomic mass is 10.1. The number of halogens is 3. The van der Waals surface area contributed by atoms with Crippen molar-refractivity contribution in [1.29, 1.82) is 0 Å². The highest BCUT2D eigenvalue weighted by Gasteiger charge is 2.29. The number of rotatable bonds is 0. The highest BCUT2D eigenvalue weighted by Crippen LogP contribution is 2.34. The zero-order valence-corrected chi connectivity index (χ0v) is 16.6. The van der Waals surface area contributed by atoms with Crippen LogP contribution in [0.25, 0.3) is 0 Å². The third-order valence-electron chi connectivity index (χ3n) is 2.84. The summed E-state index contributed by atoms with van der Waals surface area (Å²) in [6, 6.07) is 8.26. The molecule has 0 bridgehead atoms. The molecule has 0 saturated carbocycles. The molecule has 1 aliphatic heterocycles. The van der Waals surface area contributed by atoms with Crippen molar-refractivity contribution >= 4 is 79.7 Å². The highest BCUT2D eigenvalue weighted by molar-refractivity contribution is 14.1. The Kier molecular flexibility index (Phi) is 4.41. The van der Waals surface area contributed by atoms with Crippen LogP contribution in [0.3, 0.4) is 0 Å². The molecule has 0 unspecified atom stereocenters. The molecule has 21 heavy (non-hydrogen) atoms. The van der Waals surface area contributed by atoms with Gasteiger partial charge < -0.3 is 9.47 Å². The van der Waals surface area contributed by atoms with E-state index < -0.39 is 11.9 Å². The van der Waals surface area contributed by atoms with Gasteiger partial charge >= 0.3 is 11.9 Å². The van der Waals surface area contributed by atoms with E-state index in [9.17, 15) is 9.59 Å². The zero-order valence-electron chi connectivity index (χ0n) is 10.2. The maximum Gasteiger partial charge on any atom is 0.345 e. The minimum Gasteiger partial charge on any atom is -0.419 e. The van der Waals surface area contributed by atoms with Gasteiger partial charge in [-0.25, -0.2) is 9.59 Å². The van der Waals surface area contributed by atoms with Crippen LogP contribution in [-0.4, -0.2) is 11.9 Å². The van der Waals surface area contributed by atoms with Gasteiger partial charge in [0.1, 0.15) is 0 Å². The Balaban J connectivity index is 2.24. The number of para-hydroxylation sites is 2. The Morgan fingerprint density at radius 3 is 2.00 bits per heavy atom. The molecule has 0 spiro atoms. The maximum atomic E-state index is 12.4. The van der Waals surface area contributed by atoms with Crippen LogP contribution in [0, 0.1) is 10.7 Å². The molecule has 3 rings (SSSR count). The van der Waals surface area contributed by atoms with Crippen LogP contribution >= 0.6 is 67.8 Å². The summed E-state index contributed by atoms with van der Waals surface area (Å²) in [5.74, 6) is -0.620. The van der Waals surface area contributed by atoms with E-state index in [0.717, 1.165) is 7.14 Å². The Labute approximate surface area is 161 Å². The fourth-order valence-corrected chi connectivity index (χ4v) is 4.20. The standard InChI is InChI=1S/C14H5I3O4/c15-7-5-6-10(12(17)11(7)16)14(19)21-9-4-2-1-3-8(9)20-13(6)18/h1-5H. The normalized spacial score (nSPS) is 13.5. The average molecular weight is 618 g/mol. The number of esters is 2. The largest absolute Gasteiger partial charge is 0.419 e. The predicted molar refractivity (Wildman–Crippen MR) is 101 cm³/mol. The number of carbonyl (C=O) groups excluding carboxylic acids is 2. The van der Waals surface area contributed by atoms with Gasteiger partial charge in [-0.3, -0.25) is 0 Å². The Morgan fingerprint density at radius 1 is 0.810 bits per heavy atom. The van der Waals surface area contributed by atoms with Crippen molar-refractivity contribution in [2.24, 2.45) is 0 Å². The molecule has 0 saturated heterocycles. The van der Waals surface area contributed by atoms with Gasteiger partial charge in [-0.2, -0.15) is 0 Å². The van der Waals surface area contributed by atoms with Crippen LogP contribution in [0.1, 0.15) is 20.7 Å². The molecule has 2 aromatic carbocycles. The van der Waals surface area contributed by atoms with Crippen molar-refractivity contribution in [2.45, 2.75) is 0 Å². The van der Waals surface area contributed by atoms with Gasteiger partial charge in [-0.1, -0.05) is 12.1 Å². The second kappa shape index (κ2) is 5.99. The van der Waals surface area contributed by atoms with Crippen LogP contribution < -0.4 is 9.47 Å². The quantitative estimate of drug-likeness (QED) is 0.192. The van der Waals surface area contributed by atoms with Crippen LogP contribution in [-0.2, 0) is 0 Å². The molecule has 7 heteroatoms. The average Bonchev–Trinajstić information content (AvgIpc) is 2.45. The number of fused-ring (bicyclic) bond motifs is 2. The lowest BCUT2D eigenvalue weighted by molar-refractivity contribution is 0.0647. The number of carbonyl (C=O) groups is 2. The van der Waals surface area contributed by atoms with Crippen LogP contribution in [0.5, 0.6) is 11.5 Å². The Bertz CT molecular complexity index is 786. The van der Waals surface area contributed by atoms with Crippen molar-refractivity contribution in [2.75, 3.05) is 0 Å². The summed E-state index contributed by atoms with van der Waals surface area (Å²) in [4.78, 5) is 24.8. The minimum absolute atomic E-state index is 0.226. The second-order valence-electron chi connectivity index (χ2n) is 4.13. The first-order valence-electron chi connectivity index (χ1n) is 5.70. The van der Waals surface area contributed by atoms with Gasteiger partial charge in [0.25, 0.3) is 0 Å². The monoisotopic (exact) mass is 618 g/mol. The van der Waals surface area contributed by atoms with Gasteiger partial charge in [-0.05, 0) is 86.0 Å². The summed E-state index contributed by atoms with van der Waals surface area (Å²) in [5.41, 5.74) is 0.476. The number of ether oxygens (including phenoxy) is 2. The van der Waals surface area contributed by atoms with E-state index in [4.69, 9.17) is 9.47 Å². The SMILES string of the molecule is O=C1Oc2ccccc2OC(=O)c2c1cc(I)c(I)c2I. The van der Waals surface area contributed by atoms with E-state index in [2.05, 4.69) is 45.2 Å². The topological polar surface area (TPSA) is 52.6 Å². The van der Waals surface area contributed by atoms with Gasteiger partial charge in [0, 0.05) is 10.7 Å². The van der Waals surface area contributed by atoms with Gasteiger partial charge in [0.15, 0.2) is 11.5 Å². The first kappa shape index (κ1) is 15.5. The van der Waals surface area contributed by atoms with Gasteiger partial charge in [0.05, 0.1) is 11.1 Å². The summed E-state index contributed by atoms with van der Waals surface area (Å²) in [6.07, 6.45) is 0. The third kappa shape index (κ3) is 2.79. The second-order valence-corrected chi connectivity index (χ2v) is 7.45. The molecule has 0 radical (unpaired) electrons. The summed E-state index contributed by atoms with van der Waals surface area (Å²) in [6.45, 7) is 0. The molecule has 2 aromatic rings. The molecule has 1 heterocycles. The molecule has 0 atom stereocenters. The molecule has 0 N–H and O–H groups in total. The Morgan fingerprint density at radius 2 is 1.38 bits per heavy atom. The minimum atomic E-state index is -0.554. The van der Waals surface area contributed by atoms with Gasteiger partial charge in [0.2, 0.25) is 0 Å². The summed E-state index contributed by atoms with van der Waals surface area (Å²) < 4.78 is 13.2. The number of hydrogen-bond donors (Lipinski definition) is 0. The van der Waals surface area contributed by atoms with E-state index >= 15 is 0 Å². The molecule has 4 nitrogen and oxygen atoms in total. The first-order valence-corrected chi connectivity index (χ1v) is 8.93. The van der Waals surface area contributed by atoms with E-state index in [1.54, 1.807) is 30.3 Å². The lowest BCUT2D eigenvalue weighted by Crippen LogP contribution is -2.23. The van der Waals surface area contributed by atoms with E-state index in [0.29, 0.717) is 3.57 Å². The van der Waals surface area contributed by atoms with Crippen LogP contribution in [0.4, 0.5) is 0 Å². The van der Waals surface area contributed by atoms with Crippen molar-refractivity contribution in [1.82, 2.24) is 0 Å². The van der Waals surface area contributed by atoms with Crippen LogP contribution in [0.15, 0.2) is 30.3 Å². The van der Waals surface area contributed by atoms with E-state index in [-0.39, 0.29) is 22.6 Å². The summed E-state index contributed by atoms with van der Waals surface area (Å²) in [7, 11) is 0. The number of benzene rings is 2. The Hall–Kier alpha value is -0.430. The van der Waals surface area contributed by atoms with Crippen molar-refractivity contribution < 1.29 is 19.1 Å². The molecule has 0 aromatic heterocycles. The highest BCUT2D eigenvalue weighted by atomic mass is 127. The molecular weight excluding hydrogens is 613 g/mol. The summed E-state index contributed by atoms with van der Waals surface area (Å²) >= 11 is 6.31. The van der Waals surface area contributed by atoms with Crippen molar-refractivity contribution in [3.05, 3.63) is 52.2 Å². The lowest BCUT2D eigenvalue weighted by Gasteiger charge is -2.18. The van der Waals surface area contributed by atoms with Crippen LogP contribution in [0.2, 0.25) is 0 Å². The maximum absolute atomic E-state index is 12.4. The molecule has 0 aliphatic carbocycles. The first-order chi connectivity index (χ1) is 9.99. The number of hydrogen-bond acceptors (Lipinski definition) is 4. The van der Waals surface area contributed by atoms with E-state index in [1.807, 2.05) is 22.6 Å². The fraction of sp³-hybridized carbons (Fsp3) is 0. The predicted octanol–water partition coefficient (Wildman–Crippen LogP) is 4.25. The molecule has 0 amide bonds. The van der Waals surface area contributed by atoms with Crippen molar-refractivity contribution in [3.63, 3.8) is 0 Å².